The summed E-state index contributed by atoms with van der Waals surface area (Å²) >= 11 is 0. The fraction of sp³-hybridized carbons (Fsp3) is 0.318. The number of aromatic nitrogens is 1. The zero-order valence-electron chi connectivity index (χ0n) is 16.1. The van der Waals surface area contributed by atoms with E-state index in [0.29, 0.717) is 0 Å². The highest BCUT2D eigenvalue weighted by atomic mass is 16.5. The first-order valence-corrected chi connectivity index (χ1v) is 8.93. The van der Waals surface area contributed by atoms with Gasteiger partial charge in [-0.15, -0.1) is 0 Å². The van der Waals surface area contributed by atoms with Crippen LogP contribution in [0.4, 0.5) is 0 Å². The van der Waals surface area contributed by atoms with Gasteiger partial charge in [-0.3, -0.25) is 0 Å². The van der Waals surface area contributed by atoms with E-state index in [2.05, 4.69) is 17.3 Å². The monoisotopic (exact) mass is 325 g/mol. The molecule has 0 unspecified atom stereocenters. The van der Waals surface area contributed by atoms with Crippen LogP contribution >= 0.6 is 0 Å². The Kier molecular flexibility index (Phi) is 11.8. The Labute approximate surface area is 147 Å². The third kappa shape index (κ3) is 5.69. The van der Waals surface area contributed by atoms with E-state index in [1.165, 1.54) is 0 Å². The molecule has 0 radical (unpaired) electrons. The topological polar surface area (TPSA) is 26.0 Å². The lowest BCUT2D eigenvalue weighted by molar-refractivity contribution is 0.400. The molecule has 0 fully saturated rings. The average molecular weight is 325 g/mol. The van der Waals surface area contributed by atoms with Gasteiger partial charge in [0.15, 0.2) is 0 Å². The van der Waals surface area contributed by atoms with Crippen LogP contribution in [0.3, 0.4) is 0 Å². The zero-order chi connectivity index (χ0) is 18.4. The van der Waals surface area contributed by atoms with Crippen LogP contribution < -0.4 is 0 Å². The third-order valence-corrected chi connectivity index (χ3v) is 2.97. The summed E-state index contributed by atoms with van der Waals surface area (Å²) in [4.78, 5) is 0. The van der Waals surface area contributed by atoms with Crippen molar-refractivity contribution in [2.24, 2.45) is 0 Å². The molecule has 0 spiro atoms. The van der Waals surface area contributed by atoms with Crippen molar-refractivity contribution in [3.05, 3.63) is 66.4 Å². The van der Waals surface area contributed by atoms with Gasteiger partial charge in [0.2, 0.25) is 0 Å². The lowest BCUT2D eigenvalue weighted by Gasteiger charge is -2.02. The maximum atomic E-state index is 5.35. The molecule has 2 nitrogen and oxygen atoms in total. The van der Waals surface area contributed by atoms with Gasteiger partial charge in [0, 0.05) is 5.56 Å². The molecule has 3 rings (SSSR count). The molecule has 1 heterocycles. The number of aryl methyl sites for hydroxylation is 1. The van der Waals surface area contributed by atoms with Crippen molar-refractivity contribution >= 4 is 0 Å². The highest BCUT2D eigenvalue weighted by Crippen LogP contribution is 2.33. The van der Waals surface area contributed by atoms with Gasteiger partial charge in [0.25, 0.3) is 0 Å². The first-order chi connectivity index (χ1) is 11.9. The van der Waals surface area contributed by atoms with Gasteiger partial charge >= 0.3 is 0 Å². The predicted octanol–water partition coefficient (Wildman–Crippen LogP) is 7.40. The number of hydrogen-bond donors (Lipinski definition) is 0. The minimum Gasteiger partial charge on any atom is -0.360 e. The van der Waals surface area contributed by atoms with E-state index in [9.17, 15) is 0 Å². The van der Waals surface area contributed by atoms with E-state index in [-0.39, 0.29) is 0 Å². The van der Waals surface area contributed by atoms with E-state index in [1.807, 2.05) is 97.0 Å². The van der Waals surface area contributed by atoms with E-state index in [0.717, 1.165) is 28.1 Å². The molecule has 0 saturated carbocycles. The van der Waals surface area contributed by atoms with Gasteiger partial charge in [-0.05, 0) is 12.5 Å². The van der Waals surface area contributed by atoms with Gasteiger partial charge < -0.3 is 4.52 Å². The number of nitrogens with zero attached hydrogens (tertiary/aromatic N) is 1. The largest absolute Gasteiger partial charge is 0.360 e. The van der Waals surface area contributed by atoms with Crippen LogP contribution in [0.1, 0.15) is 47.3 Å². The normalized spacial score (nSPS) is 8.62. The second-order valence-corrected chi connectivity index (χ2v) is 4.19. The summed E-state index contributed by atoms with van der Waals surface area (Å²) < 4.78 is 5.35. The van der Waals surface area contributed by atoms with Crippen molar-refractivity contribution in [2.75, 3.05) is 0 Å². The molecule has 3 aromatic rings. The van der Waals surface area contributed by atoms with Crippen molar-refractivity contribution in [1.29, 1.82) is 0 Å². The van der Waals surface area contributed by atoms with E-state index >= 15 is 0 Å². The predicted molar refractivity (Wildman–Crippen MR) is 106 cm³/mol. The highest BCUT2D eigenvalue weighted by molar-refractivity contribution is 5.81. The van der Waals surface area contributed by atoms with E-state index in [1.54, 1.807) is 0 Å². The molecule has 0 N–H and O–H groups in total. The maximum absolute atomic E-state index is 5.35. The Balaban J connectivity index is 0.000000798. The van der Waals surface area contributed by atoms with Crippen LogP contribution in [0.5, 0.6) is 0 Å². The molecular formula is C22H31NO. The summed E-state index contributed by atoms with van der Waals surface area (Å²) in [6.45, 7) is 13.9. The first kappa shape index (κ1) is 21.7. The van der Waals surface area contributed by atoms with Gasteiger partial charge in [-0.2, -0.15) is 0 Å². The smallest absolute Gasteiger partial charge is 0.142 e. The van der Waals surface area contributed by atoms with E-state index in [4.69, 9.17) is 4.52 Å². The second kappa shape index (κ2) is 13.1. The molecule has 130 valence electrons. The van der Waals surface area contributed by atoms with Crippen LogP contribution in [-0.4, -0.2) is 5.16 Å². The van der Waals surface area contributed by atoms with Crippen LogP contribution in [0.25, 0.3) is 22.4 Å². The van der Waals surface area contributed by atoms with Gasteiger partial charge in [-0.25, -0.2) is 0 Å². The second-order valence-electron chi connectivity index (χ2n) is 4.19. The molecule has 0 aliphatic carbocycles. The maximum Gasteiger partial charge on any atom is 0.142 e. The Hall–Kier alpha value is -2.35. The van der Waals surface area contributed by atoms with Crippen LogP contribution in [-0.2, 0) is 0 Å². The molecule has 1 aromatic heterocycles. The number of benzene rings is 2. The summed E-state index contributed by atoms with van der Waals surface area (Å²) in [5.41, 5.74) is 4.18. The summed E-state index contributed by atoms with van der Waals surface area (Å²) in [6, 6.07) is 20.3. The lowest BCUT2D eigenvalue weighted by Crippen LogP contribution is -1.83. The van der Waals surface area contributed by atoms with Crippen molar-refractivity contribution < 1.29 is 4.52 Å². The van der Waals surface area contributed by atoms with Crippen LogP contribution in [0.2, 0.25) is 0 Å². The molecular weight excluding hydrogens is 294 g/mol. The Morgan fingerprint density at radius 1 is 0.625 bits per heavy atom. The minimum atomic E-state index is 0.847. The number of rotatable bonds is 2. The zero-order valence-corrected chi connectivity index (χ0v) is 16.1. The molecule has 2 aromatic carbocycles. The molecule has 0 amide bonds. The molecule has 0 aliphatic heterocycles. The van der Waals surface area contributed by atoms with Crippen molar-refractivity contribution in [3.63, 3.8) is 0 Å². The Morgan fingerprint density at radius 3 is 1.50 bits per heavy atom. The molecule has 0 aliphatic rings. The summed E-state index contributed by atoms with van der Waals surface area (Å²) in [5, 5.41) is 4.19. The molecule has 0 bridgehead atoms. The Morgan fingerprint density at radius 2 is 1.04 bits per heavy atom. The van der Waals surface area contributed by atoms with Gasteiger partial charge in [-0.1, -0.05) is 107 Å². The summed E-state index contributed by atoms with van der Waals surface area (Å²) in [7, 11) is 0. The number of hydrogen-bond acceptors (Lipinski definition) is 2. The van der Waals surface area contributed by atoms with E-state index < -0.39 is 0 Å². The molecule has 0 atom stereocenters. The fourth-order valence-electron chi connectivity index (χ4n) is 2.11. The first-order valence-electron chi connectivity index (χ1n) is 8.93. The molecule has 2 heteroatoms. The van der Waals surface area contributed by atoms with Crippen molar-refractivity contribution in [2.45, 2.75) is 48.5 Å². The fourth-order valence-corrected chi connectivity index (χ4v) is 2.11. The summed E-state index contributed by atoms with van der Waals surface area (Å²) in [6.07, 6.45) is 0. The molecule has 0 saturated heterocycles. The SMILES string of the molecule is CC.CC.CC.Cc1onc(-c2ccccc2)c1-c1ccccc1. The highest BCUT2D eigenvalue weighted by Gasteiger charge is 2.15. The standard InChI is InChI=1S/C16H13NO.3C2H6/c1-12-15(13-8-4-2-5-9-13)16(17-18-12)14-10-6-3-7-11-14;3*1-2/h2-11H,1H3;3*1-2H3. The van der Waals surface area contributed by atoms with Crippen molar-refractivity contribution in [1.82, 2.24) is 5.16 Å². The average Bonchev–Trinajstić information content (AvgIpc) is 3.09. The summed E-state index contributed by atoms with van der Waals surface area (Å²) in [5.74, 6) is 0.847. The van der Waals surface area contributed by atoms with Gasteiger partial charge in [0.05, 0.1) is 5.56 Å². The quantitative estimate of drug-likeness (QED) is 0.490. The van der Waals surface area contributed by atoms with Crippen LogP contribution in [0.15, 0.2) is 65.2 Å². The minimum absolute atomic E-state index is 0.847. The molecule has 24 heavy (non-hydrogen) atoms. The van der Waals surface area contributed by atoms with Crippen molar-refractivity contribution in [3.8, 4) is 22.4 Å². The lowest BCUT2D eigenvalue weighted by atomic mass is 10.00. The van der Waals surface area contributed by atoms with Crippen LogP contribution in [0, 0.1) is 6.92 Å². The Bertz CT molecular complexity index is 642. The third-order valence-electron chi connectivity index (χ3n) is 2.97. The van der Waals surface area contributed by atoms with Gasteiger partial charge in [0.1, 0.15) is 11.5 Å².